The number of nitrogens with zero attached hydrogens (tertiary/aromatic N) is 1. The Morgan fingerprint density at radius 1 is 1.44 bits per heavy atom. The molecule has 0 saturated carbocycles. The van der Waals surface area contributed by atoms with Crippen molar-refractivity contribution in [2.75, 3.05) is 0 Å². The molecule has 1 heterocycles. The van der Waals surface area contributed by atoms with Crippen molar-refractivity contribution in [1.29, 1.82) is 0 Å². The molecule has 0 bridgehead atoms. The molecule has 0 aliphatic heterocycles. The molecule has 16 heavy (non-hydrogen) atoms. The highest BCUT2D eigenvalue weighted by Crippen LogP contribution is 2.31. The molecule has 0 fully saturated rings. The highest BCUT2D eigenvalue weighted by molar-refractivity contribution is 9.10. The van der Waals surface area contributed by atoms with Gasteiger partial charge in [0.2, 0.25) is 0 Å². The van der Waals surface area contributed by atoms with E-state index in [0.29, 0.717) is 0 Å². The number of halogens is 1. The summed E-state index contributed by atoms with van der Waals surface area (Å²) < 4.78 is 1.04. The standard InChI is InChI=1S/C12H12BrNOS/c1-7(15)12-14-11(8(2)16-12)9-4-3-5-10(13)6-9/h3-7,15H,1-2H3. The second kappa shape index (κ2) is 4.65. The van der Waals surface area contributed by atoms with Crippen LogP contribution in [0, 0.1) is 6.92 Å². The number of hydrogen-bond acceptors (Lipinski definition) is 3. The lowest BCUT2D eigenvalue weighted by Crippen LogP contribution is -1.89. The summed E-state index contributed by atoms with van der Waals surface area (Å²) in [6, 6.07) is 8.04. The summed E-state index contributed by atoms with van der Waals surface area (Å²) in [6.45, 7) is 3.77. The van der Waals surface area contributed by atoms with E-state index >= 15 is 0 Å². The highest BCUT2D eigenvalue weighted by Gasteiger charge is 2.12. The Labute approximate surface area is 107 Å². The SMILES string of the molecule is Cc1sc(C(C)O)nc1-c1cccc(Br)c1. The lowest BCUT2D eigenvalue weighted by molar-refractivity contribution is 0.199. The average Bonchev–Trinajstić information content (AvgIpc) is 2.60. The number of aromatic nitrogens is 1. The van der Waals surface area contributed by atoms with Crippen LogP contribution in [0.25, 0.3) is 11.3 Å². The molecule has 84 valence electrons. The van der Waals surface area contributed by atoms with E-state index in [0.717, 1.165) is 25.6 Å². The van der Waals surface area contributed by atoms with Crippen molar-refractivity contribution in [3.63, 3.8) is 0 Å². The molecule has 0 radical (unpaired) electrons. The minimum absolute atomic E-state index is 0.496. The second-order valence-electron chi connectivity index (χ2n) is 3.64. The third-order valence-corrected chi connectivity index (χ3v) is 3.90. The zero-order valence-corrected chi connectivity index (χ0v) is 11.5. The molecule has 2 aromatic rings. The van der Waals surface area contributed by atoms with Gasteiger partial charge in [0.15, 0.2) is 0 Å². The Kier molecular flexibility index (Phi) is 3.42. The molecule has 1 unspecified atom stereocenters. The maximum absolute atomic E-state index is 9.50. The summed E-state index contributed by atoms with van der Waals surface area (Å²) in [5.41, 5.74) is 2.04. The predicted molar refractivity (Wildman–Crippen MR) is 70.6 cm³/mol. The van der Waals surface area contributed by atoms with Crippen LogP contribution in [0.15, 0.2) is 28.7 Å². The maximum atomic E-state index is 9.50. The third kappa shape index (κ3) is 2.34. The first kappa shape index (κ1) is 11.8. The minimum Gasteiger partial charge on any atom is -0.386 e. The van der Waals surface area contributed by atoms with Gasteiger partial charge in [-0.05, 0) is 26.0 Å². The van der Waals surface area contributed by atoms with Gasteiger partial charge in [-0.2, -0.15) is 0 Å². The summed E-state index contributed by atoms with van der Waals surface area (Å²) in [7, 11) is 0. The van der Waals surface area contributed by atoms with E-state index < -0.39 is 6.10 Å². The molecule has 0 aliphatic rings. The van der Waals surface area contributed by atoms with Gasteiger partial charge in [-0.1, -0.05) is 28.1 Å². The van der Waals surface area contributed by atoms with Crippen LogP contribution < -0.4 is 0 Å². The van der Waals surface area contributed by atoms with Gasteiger partial charge in [-0.3, -0.25) is 0 Å². The number of rotatable bonds is 2. The third-order valence-electron chi connectivity index (χ3n) is 2.27. The number of benzene rings is 1. The van der Waals surface area contributed by atoms with Crippen molar-refractivity contribution >= 4 is 27.3 Å². The molecule has 1 aromatic heterocycles. The van der Waals surface area contributed by atoms with Crippen LogP contribution in [0.2, 0.25) is 0 Å². The Morgan fingerprint density at radius 3 is 2.75 bits per heavy atom. The van der Waals surface area contributed by atoms with Crippen LogP contribution in [0.3, 0.4) is 0 Å². The maximum Gasteiger partial charge on any atom is 0.122 e. The number of aryl methyl sites for hydroxylation is 1. The van der Waals surface area contributed by atoms with E-state index in [9.17, 15) is 5.11 Å². The Bertz CT molecular complexity index is 507. The predicted octanol–water partition coefficient (Wildman–Crippen LogP) is 3.93. The monoisotopic (exact) mass is 297 g/mol. The topological polar surface area (TPSA) is 33.1 Å². The summed E-state index contributed by atoms with van der Waals surface area (Å²) >= 11 is 4.99. The first-order chi connectivity index (χ1) is 7.58. The molecule has 1 aromatic carbocycles. The second-order valence-corrected chi connectivity index (χ2v) is 5.79. The molecule has 1 atom stereocenters. The van der Waals surface area contributed by atoms with Crippen molar-refractivity contribution in [2.24, 2.45) is 0 Å². The zero-order valence-electron chi connectivity index (χ0n) is 9.07. The fourth-order valence-electron chi connectivity index (χ4n) is 1.50. The van der Waals surface area contributed by atoms with Crippen LogP contribution in [0.5, 0.6) is 0 Å². The highest BCUT2D eigenvalue weighted by atomic mass is 79.9. The van der Waals surface area contributed by atoms with Gasteiger partial charge in [-0.25, -0.2) is 4.98 Å². The largest absolute Gasteiger partial charge is 0.386 e. The Balaban J connectivity index is 2.48. The Morgan fingerprint density at radius 2 is 2.19 bits per heavy atom. The van der Waals surface area contributed by atoms with Gasteiger partial charge in [0, 0.05) is 14.9 Å². The summed E-state index contributed by atoms with van der Waals surface area (Å²) in [5.74, 6) is 0. The van der Waals surface area contributed by atoms with E-state index in [1.165, 1.54) is 0 Å². The lowest BCUT2D eigenvalue weighted by atomic mass is 10.1. The average molecular weight is 298 g/mol. The van der Waals surface area contributed by atoms with Crippen LogP contribution in [0.4, 0.5) is 0 Å². The molecule has 1 N–H and O–H groups in total. The normalized spacial score (nSPS) is 12.8. The number of thiazole rings is 1. The summed E-state index contributed by atoms with van der Waals surface area (Å²) in [5, 5.41) is 10.3. The Hall–Kier alpha value is -0.710. The molecular weight excluding hydrogens is 286 g/mol. The van der Waals surface area contributed by atoms with Crippen LogP contribution in [-0.4, -0.2) is 10.1 Å². The van der Waals surface area contributed by atoms with Gasteiger partial charge in [-0.15, -0.1) is 11.3 Å². The first-order valence-corrected chi connectivity index (χ1v) is 6.60. The molecule has 2 rings (SSSR count). The molecule has 0 aliphatic carbocycles. The van der Waals surface area contributed by atoms with E-state index in [4.69, 9.17) is 0 Å². The van der Waals surface area contributed by atoms with Crippen LogP contribution >= 0.6 is 27.3 Å². The molecule has 0 amide bonds. The molecule has 0 saturated heterocycles. The van der Waals surface area contributed by atoms with Crippen LogP contribution in [-0.2, 0) is 0 Å². The zero-order chi connectivity index (χ0) is 11.7. The molecule has 2 nitrogen and oxygen atoms in total. The van der Waals surface area contributed by atoms with Crippen molar-refractivity contribution < 1.29 is 5.11 Å². The van der Waals surface area contributed by atoms with Crippen molar-refractivity contribution in [3.05, 3.63) is 38.6 Å². The molecule has 4 heteroatoms. The van der Waals surface area contributed by atoms with Crippen molar-refractivity contribution in [1.82, 2.24) is 4.98 Å². The van der Waals surface area contributed by atoms with Gasteiger partial charge in [0.25, 0.3) is 0 Å². The first-order valence-electron chi connectivity index (χ1n) is 4.99. The van der Waals surface area contributed by atoms with E-state index in [2.05, 4.69) is 20.9 Å². The van der Waals surface area contributed by atoms with Gasteiger partial charge in [0.05, 0.1) is 5.69 Å². The molecular formula is C12H12BrNOS. The fourth-order valence-corrected chi connectivity index (χ4v) is 2.78. The number of aliphatic hydroxyl groups is 1. The fraction of sp³-hybridized carbons (Fsp3) is 0.250. The van der Waals surface area contributed by atoms with E-state index in [-0.39, 0.29) is 0 Å². The van der Waals surface area contributed by atoms with Gasteiger partial charge >= 0.3 is 0 Å². The molecule has 0 spiro atoms. The summed E-state index contributed by atoms with van der Waals surface area (Å²) in [6.07, 6.45) is -0.496. The quantitative estimate of drug-likeness (QED) is 0.911. The van der Waals surface area contributed by atoms with Crippen molar-refractivity contribution in [2.45, 2.75) is 20.0 Å². The van der Waals surface area contributed by atoms with E-state index in [1.807, 2.05) is 31.2 Å². The smallest absolute Gasteiger partial charge is 0.122 e. The van der Waals surface area contributed by atoms with Crippen molar-refractivity contribution in [3.8, 4) is 11.3 Å². The van der Waals surface area contributed by atoms with Crippen LogP contribution in [0.1, 0.15) is 22.9 Å². The number of hydrogen-bond donors (Lipinski definition) is 1. The van der Waals surface area contributed by atoms with Gasteiger partial charge in [0.1, 0.15) is 11.1 Å². The minimum atomic E-state index is -0.496. The summed E-state index contributed by atoms with van der Waals surface area (Å²) in [4.78, 5) is 5.60. The van der Waals surface area contributed by atoms with Gasteiger partial charge < -0.3 is 5.11 Å². The van der Waals surface area contributed by atoms with E-state index in [1.54, 1.807) is 18.3 Å². The lowest BCUT2D eigenvalue weighted by Gasteiger charge is -1.99. The number of aliphatic hydroxyl groups excluding tert-OH is 1.